The molecule has 1 saturated carbocycles. The van der Waals surface area contributed by atoms with Crippen molar-refractivity contribution >= 4 is 12.4 Å². The van der Waals surface area contributed by atoms with Crippen molar-refractivity contribution < 1.29 is 5.11 Å². The van der Waals surface area contributed by atoms with Crippen LogP contribution in [-0.4, -0.2) is 48.8 Å². The standard InChI is InChI=1S/C16H32N2O.ClH/c1-2-14-5-7-16(8-6-14)18(10-11-19)13-15-4-3-9-17-12-15;/h14-17,19H,2-13H2,1H3;1H. The van der Waals surface area contributed by atoms with Crippen LogP contribution in [0.15, 0.2) is 0 Å². The lowest BCUT2D eigenvalue weighted by atomic mass is 9.83. The quantitative estimate of drug-likeness (QED) is 0.792. The van der Waals surface area contributed by atoms with Gasteiger partial charge in [-0.05, 0) is 63.5 Å². The molecule has 0 bridgehead atoms. The molecule has 0 aromatic carbocycles. The van der Waals surface area contributed by atoms with Gasteiger partial charge in [-0.25, -0.2) is 0 Å². The second-order valence-electron chi connectivity index (χ2n) is 6.51. The van der Waals surface area contributed by atoms with Gasteiger partial charge in [0.2, 0.25) is 0 Å². The van der Waals surface area contributed by atoms with Crippen LogP contribution in [0.25, 0.3) is 0 Å². The van der Waals surface area contributed by atoms with E-state index in [2.05, 4.69) is 17.1 Å². The van der Waals surface area contributed by atoms with Crippen LogP contribution in [0.3, 0.4) is 0 Å². The Labute approximate surface area is 130 Å². The maximum absolute atomic E-state index is 9.34. The Morgan fingerprint density at radius 2 is 1.85 bits per heavy atom. The third-order valence-electron chi connectivity index (χ3n) is 5.19. The first-order valence-corrected chi connectivity index (χ1v) is 8.39. The molecule has 4 heteroatoms. The number of nitrogens with one attached hydrogen (secondary N) is 1. The Kier molecular flexibility index (Phi) is 9.10. The predicted octanol–water partition coefficient (Wildman–Crippen LogP) is 2.67. The third-order valence-corrected chi connectivity index (χ3v) is 5.19. The lowest BCUT2D eigenvalue weighted by Gasteiger charge is -2.39. The van der Waals surface area contributed by atoms with Gasteiger partial charge in [0, 0.05) is 19.1 Å². The molecule has 2 rings (SSSR count). The van der Waals surface area contributed by atoms with Crippen LogP contribution < -0.4 is 5.32 Å². The molecule has 1 unspecified atom stereocenters. The van der Waals surface area contributed by atoms with Crippen LogP contribution in [0.5, 0.6) is 0 Å². The van der Waals surface area contributed by atoms with Crippen LogP contribution >= 0.6 is 12.4 Å². The number of aliphatic hydroxyl groups excluding tert-OH is 1. The SMILES string of the molecule is CCC1CCC(N(CCO)CC2CCCNC2)CC1.Cl. The first-order valence-electron chi connectivity index (χ1n) is 8.39. The molecule has 0 aromatic heterocycles. The van der Waals surface area contributed by atoms with Gasteiger partial charge in [-0.3, -0.25) is 4.90 Å². The highest BCUT2D eigenvalue weighted by atomic mass is 35.5. The minimum Gasteiger partial charge on any atom is -0.395 e. The summed E-state index contributed by atoms with van der Waals surface area (Å²) in [7, 11) is 0. The number of hydrogen-bond donors (Lipinski definition) is 2. The van der Waals surface area contributed by atoms with Crippen molar-refractivity contribution in [2.24, 2.45) is 11.8 Å². The lowest BCUT2D eigenvalue weighted by Crippen LogP contribution is -2.45. The highest BCUT2D eigenvalue weighted by Crippen LogP contribution is 2.30. The van der Waals surface area contributed by atoms with E-state index in [4.69, 9.17) is 0 Å². The summed E-state index contributed by atoms with van der Waals surface area (Å²) in [4.78, 5) is 2.59. The first-order chi connectivity index (χ1) is 9.33. The molecule has 20 heavy (non-hydrogen) atoms. The molecule has 0 spiro atoms. The van der Waals surface area contributed by atoms with E-state index in [0.29, 0.717) is 6.61 Å². The summed E-state index contributed by atoms with van der Waals surface area (Å²) in [6.45, 7) is 7.06. The van der Waals surface area contributed by atoms with Gasteiger partial charge in [0.15, 0.2) is 0 Å². The number of aliphatic hydroxyl groups is 1. The average Bonchev–Trinajstić information content (AvgIpc) is 2.48. The van der Waals surface area contributed by atoms with E-state index in [9.17, 15) is 5.11 Å². The van der Waals surface area contributed by atoms with Crippen molar-refractivity contribution in [3.05, 3.63) is 0 Å². The van der Waals surface area contributed by atoms with E-state index < -0.39 is 0 Å². The molecule has 2 N–H and O–H groups in total. The zero-order chi connectivity index (χ0) is 13.5. The summed E-state index contributed by atoms with van der Waals surface area (Å²) in [5.41, 5.74) is 0. The molecule has 2 fully saturated rings. The van der Waals surface area contributed by atoms with Gasteiger partial charge in [0.05, 0.1) is 6.61 Å². The molecule has 0 aromatic rings. The minimum atomic E-state index is 0. The largest absolute Gasteiger partial charge is 0.395 e. The molecule has 1 atom stereocenters. The Bertz CT molecular complexity index is 239. The average molecular weight is 305 g/mol. The van der Waals surface area contributed by atoms with Gasteiger partial charge < -0.3 is 10.4 Å². The fraction of sp³-hybridized carbons (Fsp3) is 1.00. The molecule has 0 amide bonds. The molecule has 120 valence electrons. The second kappa shape index (κ2) is 9.99. The molecular formula is C16H33ClN2O. The Hall–Kier alpha value is 0.170. The van der Waals surface area contributed by atoms with E-state index in [-0.39, 0.29) is 12.4 Å². The van der Waals surface area contributed by atoms with E-state index >= 15 is 0 Å². The summed E-state index contributed by atoms with van der Waals surface area (Å²) < 4.78 is 0. The van der Waals surface area contributed by atoms with Crippen molar-refractivity contribution in [1.29, 1.82) is 0 Å². The van der Waals surface area contributed by atoms with Crippen LogP contribution in [0, 0.1) is 11.8 Å². The molecule has 2 aliphatic rings. The highest BCUT2D eigenvalue weighted by molar-refractivity contribution is 5.85. The summed E-state index contributed by atoms with van der Waals surface area (Å²) in [5.74, 6) is 1.76. The summed E-state index contributed by atoms with van der Waals surface area (Å²) in [6.07, 6.45) is 9.51. The van der Waals surface area contributed by atoms with Crippen LogP contribution in [0.2, 0.25) is 0 Å². The van der Waals surface area contributed by atoms with Crippen molar-refractivity contribution in [1.82, 2.24) is 10.2 Å². The van der Waals surface area contributed by atoms with Gasteiger partial charge in [0.25, 0.3) is 0 Å². The van der Waals surface area contributed by atoms with Gasteiger partial charge in [-0.2, -0.15) is 0 Å². The van der Waals surface area contributed by atoms with Crippen LogP contribution in [-0.2, 0) is 0 Å². The van der Waals surface area contributed by atoms with E-state index in [0.717, 1.165) is 24.4 Å². The maximum atomic E-state index is 9.34. The van der Waals surface area contributed by atoms with Crippen LogP contribution in [0.4, 0.5) is 0 Å². The Morgan fingerprint density at radius 1 is 1.10 bits per heavy atom. The fourth-order valence-corrected chi connectivity index (χ4v) is 3.88. The molecule has 1 heterocycles. The predicted molar refractivity (Wildman–Crippen MR) is 87.5 cm³/mol. The lowest BCUT2D eigenvalue weighted by molar-refractivity contribution is 0.0887. The number of nitrogens with zero attached hydrogens (tertiary/aromatic N) is 1. The van der Waals surface area contributed by atoms with Gasteiger partial charge >= 0.3 is 0 Å². The zero-order valence-corrected chi connectivity index (χ0v) is 13.8. The number of hydrogen-bond acceptors (Lipinski definition) is 3. The third kappa shape index (κ3) is 5.51. The van der Waals surface area contributed by atoms with Crippen molar-refractivity contribution in [3.8, 4) is 0 Å². The number of piperidine rings is 1. The van der Waals surface area contributed by atoms with E-state index in [1.54, 1.807) is 0 Å². The molecule has 0 radical (unpaired) electrons. The molecule has 3 nitrogen and oxygen atoms in total. The minimum absolute atomic E-state index is 0. The highest BCUT2D eigenvalue weighted by Gasteiger charge is 2.27. The smallest absolute Gasteiger partial charge is 0.0558 e. The molecule has 1 saturated heterocycles. The normalized spacial score (nSPS) is 31.1. The second-order valence-corrected chi connectivity index (χ2v) is 6.51. The Morgan fingerprint density at radius 3 is 2.40 bits per heavy atom. The van der Waals surface area contributed by atoms with Crippen LogP contribution in [0.1, 0.15) is 51.9 Å². The number of rotatable bonds is 6. The molecule has 1 aliphatic carbocycles. The maximum Gasteiger partial charge on any atom is 0.0558 e. The van der Waals surface area contributed by atoms with E-state index in [1.165, 1.54) is 64.6 Å². The van der Waals surface area contributed by atoms with Crippen molar-refractivity contribution in [2.75, 3.05) is 32.8 Å². The molecule has 1 aliphatic heterocycles. The Balaban J connectivity index is 0.00000200. The van der Waals surface area contributed by atoms with Gasteiger partial charge in [0.1, 0.15) is 0 Å². The zero-order valence-electron chi connectivity index (χ0n) is 13.0. The van der Waals surface area contributed by atoms with Crippen molar-refractivity contribution in [3.63, 3.8) is 0 Å². The summed E-state index contributed by atoms with van der Waals surface area (Å²) in [6, 6.07) is 0.733. The fourth-order valence-electron chi connectivity index (χ4n) is 3.88. The molecular weight excluding hydrogens is 272 g/mol. The summed E-state index contributed by atoms with van der Waals surface area (Å²) >= 11 is 0. The van der Waals surface area contributed by atoms with Crippen molar-refractivity contribution in [2.45, 2.75) is 57.9 Å². The topological polar surface area (TPSA) is 35.5 Å². The van der Waals surface area contributed by atoms with Gasteiger partial charge in [-0.1, -0.05) is 13.3 Å². The first kappa shape index (κ1) is 18.2. The van der Waals surface area contributed by atoms with E-state index in [1.807, 2.05) is 0 Å². The monoisotopic (exact) mass is 304 g/mol. The number of halogens is 1. The van der Waals surface area contributed by atoms with Gasteiger partial charge in [-0.15, -0.1) is 12.4 Å². The summed E-state index contributed by atoms with van der Waals surface area (Å²) in [5, 5.41) is 12.8.